The molecule has 2 rings (SSSR count). The van der Waals surface area contributed by atoms with Crippen molar-refractivity contribution >= 4 is 11.8 Å². The van der Waals surface area contributed by atoms with Crippen molar-refractivity contribution in [3.05, 3.63) is 0 Å². The van der Waals surface area contributed by atoms with Gasteiger partial charge in [-0.3, -0.25) is 9.59 Å². The lowest BCUT2D eigenvalue weighted by Crippen LogP contribution is -2.55. The Hall–Kier alpha value is -1.10. The number of nitrogens with zero attached hydrogens (tertiary/aromatic N) is 2. The average Bonchev–Trinajstić information content (AvgIpc) is 2.86. The molecule has 2 fully saturated rings. The van der Waals surface area contributed by atoms with E-state index < -0.39 is 5.54 Å². The topological polar surface area (TPSA) is 52.6 Å². The maximum absolute atomic E-state index is 12.7. The van der Waals surface area contributed by atoms with Crippen molar-refractivity contribution in [1.29, 1.82) is 0 Å². The van der Waals surface area contributed by atoms with Crippen LogP contribution in [0.5, 0.6) is 0 Å². The summed E-state index contributed by atoms with van der Waals surface area (Å²) in [6.07, 6.45) is 2.22. The van der Waals surface area contributed by atoms with Gasteiger partial charge in [0.05, 0.1) is 0 Å². The number of carbonyl (C=O) groups is 2. The molecule has 0 aromatic carbocycles. The Kier molecular flexibility index (Phi) is 4.68. The van der Waals surface area contributed by atoms with Crippen molar-refractivity contribution in [1.82, 2.24) is 15.1 Å². The molecule has 2 saturated heterocycles. The molecule has 2 amide bonds. The molecule has 2 aliphatic heterocycles. The SMILES string of the molecule is CCN1CCC(CN2CCC(=O)NC(C)(CC)C2=O)C1. The molecule has 0 aromatic rings. The predicted molar refractivity (Wildman–Crippen MR) is 78.3 cm³/mol. The lowest BCUT2D eigenvalue weighted by molar-refractivity contribution is -0.138. The number of hydrogen-bond acceptors (Lipinski definition) is 3. The van der Waals surface area contributed by atoms with E-state index in [-0.39, 0.29) is 11.8 Å². The first-order valence-corrected chi connectivity index (χ1v) is 7.81. The van der Waals surface area contributed by atoms with Gasteiger partial charge in [0.2, 0.25) is 11.8 Å². The van der Waals surface area contributed by atoms with Gasteiger partial charge in [-0.15, -0.1) is 0 Å². The standard InChI is InChI=1S/C15H27N3O2/c1-4-15(3)14(20)18(9-7-13(19)16-15)11-12-6-8-17(5-2)10-12/h12H,4-11H2,1-3H3,(H,16,19). The molecule has 0 bridgehead atoms. The molecule has 5 nitrogen and oxygen atoms in total. The largest absolute Gasteiger partial charge is 0.342 e. The second-order valence-electron chi connectivity index (χ2n) is 6.28. The van der Waals surface area contributed by atoms with Gasteiger partial charge >= 0.3 is 0 Å². The Morgan fingerprint density at radius 3 is 2.65 bits per heavy atom. The van der Waals surface area contributed by atoms with E-state index in [2.05, 4.69) is 17.1 Å². The number of carbonyl (C=O) groups excluding carboxylic acids is 2. The summed E-state index contributed by atoms with van der Waals surface area (Å²) in [5.74, 6) is 0.626. The zero-order chi connectivity index (χ0) is 14.8. The van der Waals surface area contributed by atoms with E-state index in [0.29, 0.717) is 25.3 Å². The summed E-state index contributed by atoms with van der Waals surface area (Å²) in [7, 11) is 0. The van der Waals surface area contributed by atoms with E-state index in [0.717, 1.165) is 32.6 Å². The van der Waals surface area contributed by atoms with Crippen LogP contribution in [-0.4, -0.2) is 59.9 Å². The summed E-state index contributed by atoms with van der Waals surface area (Å²) in [5.41, 5.74) is -0.726. The highest BCUT2D eigenvalue weighted by Gasteiger charge is 2.40. The fourth-order valence-electron chi connectivity index (χ4n) is 3.19. The van der Waals surface area contributed by atoms with E-state index in [9.17, 15) is 9.59 Å². The zero-order valence-corrected chi connectivity index (χ0v) is 12.9. The maximum atomic E-state index is 12.7. The quantitative estimate of drug-likeness (QED) is 0.831. The minimum absolute atomic E-state index is 0.00759. The van der Waals surface area contributed by atoms with E-state index in [1.165, 1.54) is 0 Å². The van der Waals surface area contributed by atoms with Crippen LogP contribution in [0.1, 0.15) is 40.0 Å². The fourth-order valence-corrected chi connectivity index (χ4v) is 3.19. The first kappa shape index (κ1) is 15.3. The third-order valence-electron chi connectivity index (χ3n) is 4.79. The second-order valence-corrected chi connectivity index (χ2v) is 6.28. The van der Waals surface area contributed by atoms with Gasteiger partial charge < -0.3 is 15.1 Å². The number of nitrogens with one attached hydrogen (secondary N) is 1. The maximum Gasteiger partial charge on any atom is 0.248 e. The van der Waals surface area contributed by atoms with Crippen LogP contribution < -0.4 is 5.32 Å². The van der Waals surface area contributed by atoms with Crippen molar-refractivity contribution in [2.24, 2.45) is 5.92 Å². The molecule has 114 valence electrons. The van der Waals surface area contributed by atoms with Gasteiger partial charge in [-0.2, -0.15) is 0 Å². The Morgan fingerprint density at radius 1 is 1.30 bits per heavy atom. The summed E-state index contributed by atoms with van der Waals surface area (Å²) in [4.78, 5) is 28.8. The molecule has 0 saturated carbocycles. The zero-order valence-electron chi connectivity index (χ0n) is 12.9. The lowest BCUT2D eigenvalue weighted by Gasteiger charge is -2.32. The molecule has 5 heteroatoms. The summed E-state index contributed by atoms with van der Waals surface area (Å²) >= 11 is 0. The predicted octanol–water partition coefficient (Wildman–Crippen LogP) is 0.845. The number of rotatable bonds is 4. The number of amides is 2. The van der Waals surface area contributed by atoms with Gasteiger partial charge in [-0.25, -0.2) is 0 Å². The molecular weight excluding hydrogens is 254 g/mol. The Bertz CT molecular complexity index is 385. The first-order chi connectivity index (χ1) is 9.48. The van der Waals surface area contributed by atoms with E-state index in [4.69, 9.17) is 0 Å². The molecule has 0 spiro atoms. The van der Waals surface area contributed by atoms with Crippen LogP contribution >= 0.6 is 0 Å². The second kappa shape index (κ2) is 6.12. The monoisotopic (exact) mass is 281 g/mol. The van der Waals surface area contributed by atoms with E-state index in [1.54, 1.807) is 0 Å². The van der Waals surface area contributed by atoms with E-state index in [1.807, 2.05) is 18.7 Å². The third-order valence-corrected chi connectivity index (χ3v) is 4.79. The highest BCUT2D eigenvalue weighted by molar-refractivity contribution is 5.93. The fraction of sp³-hybridized carbons (Fsp3) is 0.867. The summed E-state index contributed by atoms with van der Waals surface area (Å²) < 4.78 is 0. The van der Waals surface area contributed by atoms with Crippen LogP contribution in [0.25, 0.3) is 0 Å². The van der Waals surface area contributed by atoms with Gasteiger partial charge in [0.25, 0.3) is 0 Å². The average molecular weight is 281 g/mol. The molecule has 2 unspecified atom stereocenters. The van der Waals surface area contributed by atoms with Crippen molar-refractivity contribution in [3.63, 3.8) is 0 Å². The van der Waals surface area contributed by atoms with Crippen LogP contribution in [0.2, 0.25) is 0 Å². The summed E-state index contributed by atoms with van der Waals surface area (Å²) in [5, 5.41) is 2.89. The molecular formula is C15H27N3O2. The lowest BCUT2D eigenvalue weighted by atomic mass is 9.96. The molecule has 2 heterocycles. The number of hydrogen-bond donors (Lipinski definition) is 1. The van der Waals surface area contributed by atoms with Crippen molar-refractivity contribution in [3.8, 4) is 0 Å². The third kappa shape index (κ3) is 3.14. The molecule has 2 aliphatic rings. The van der Waals surface area contributed by atoms with Crippen LogP contribution in [0.3, 0.4) is 0 Å². The van der Waals surface area contributed by atoms with E-state index >= 15 is 0 Å². The smallest absolute Gasteiger partial charge is 0.248 e. The van der Waals surface area contributed by atoms with Gasteiger partial charge in [-0.1, -0.05) is 13.8 Å². The molecule has 20 heavy (non-hydrogen) atoms. The summed E-state index contributed by atoms with van der Waals surface area (Å²) in [6.45, 7) is 10.6. The van der Waals surface area contributed by atoms with Gasteiger partial charge in [0.1, 0.15) is 5.54 Å². The Morgan fingerprint density at radius 2 is 2.05 bits per heavy atom. The molecule has 1 N–H and O–H groups in total. The minimum atomic E-state index is -0.726. The Labute approximate surface area is 121 Å². The number of likely N-dealkylation sites (tertiary alicyclic amines) is 1. The molecule has 0 aliphatic carbocycles. The van der Waals surface area contributed by atoms with Crippen molar-refractivity contribution in [2.75, 3.05) is 32.7 Å². The first-order valence-electron chi connectivity index (χ1n) is 7.81. The normalized spacial score (nSPS) is 32.4. The molecule has 2 atom stereocenters. The van der Waals surface area contributed by atoms with Gasteiger partial charge in [0, 0.05) is 26.1 Å². The van der Waals surface area contributed by atoms with Crippen molar-refractivity contribution < 1.29 is 9.59 Å². The van der Waals surface area contributed by atoms with Gasteiger partial charge in [0.15, 0.2) is 0 Å². The van der Waals surface area contributed by atoms with Crippen LogP contribution in [0, 0.1) is 5.92 Å². The van der Waals surface area contributed by atoms with Crippen LogP contribution in [0.15, 0.2) is 0 Å². The van der Waals surface area contributed by atoms with Crippen molar-refractivity contribution in [2.45, 2.75) is 45.6 Å². The van der Waals surface area contributed by atoms with Crippen LogP contribution in [0.4, 0.5) is 0 Å². The molecule has 0 radical (unpaired) electrons. The van der Waals surface area contributed by atoms with Crippen LogP contribution in [-0.2, 0) is 9.59 Å². The van der Waals surface area contributed by atoms with Gasteiger partial charge in [-0.05, 0) is 38.8 Å². The summed E-state index contributed by atoms with van der Waals surface area (Å²) in [6, 6.07) is 0. The highest BCUT2D eigenvalue weighted by atomic mass is 16.2. The highest BCUT2D eigenvalue weighted by Crippen LogP contribution is 2.22. The molecule has 0 aromatic heterocycles. The Balaban J connectivity index is 2.03. The minimum Gasteiger partial charge on any atom is -0.342 e.